The zero-order chi connectivity index (χ0) is 16.4. The first-order valence-corrected chi connectivity index (χ1v) is 8.59. The van der Waals surface area contributed by atoms with E-state index in [9.17, 15) is 14.3 Å². The fourth-order valence-electron chi connectivity index (χ4n) is 3.12. The molecule has 0 aliphatic heterocycles. The standard InChI is InChI=1S/C18H25FN2O2/c1-2-3-13-10-16(13)20-18(23)21(15-8-9-15)11-17(22)12-4-6-14(19)7-5-12/h4-7,13,15-17,22H,2-3,8-11H2,1H3,(H,20,23). The Labute approximate surface area is 136 Å². The van der Waals surface area contributed by atoms with E-state index in [1.54, 1.807) is 17.0 Å². The fourth-order valence-corrected chi connectivity index (χ4v) is 3.12. The largest absolute Gasteiger partial charge is 0.387 e. The number of hydrogen-bond donors (Lipinski definition) is 2. The molecule has 2 saturated carbocycles. The van der Waals surface area contributed by atoms with E-state index in [0.717, 1.165) is 32.1 Å². The average Bonchev–Trinajstić information content (AvgIpc) is 3.43. The summed E-state index contributed by atoms with van der Waals surface area (Å²) >= 11 is 0. The van der Waals surface area contributed by atoms with Gasteiger partial charge in [0.1, 0.15) is 5.82 Å². The molecule has 4 nitrogen and oxygen atoms in total. The summed E-state index contributed by atoms with van der Waals surface area (Å²) in [6.07, 6.45) is 4.57. The third-order valence-corrected chi connectivity index (χ3v) is 4.76. The van der Waals surface area contributed by atoms with Crippen LogP contribution in [-0.4, -0.2) is 34.7 Å². The summed E-state index contributed by atoms with van der Waals surface area (Å²) in [5.41, 5.74) is 0.639. The van der Waals surface area contributed by atoms with E-state index in [2.05, 4.69) is 12.2 Å². The van der Waals surface area contributed by atoms with E-state index in [1.165, 1.54) is 12.1 Å². The second-order valence-corrected chi connectivity index (χ2v) is 6.79. The van der Waals surface area contributed by atoms with Crippen LogP contribution in [0.5, 0.6) is 0 Å². The van der Waals surface area contributed by atoms with E-state index < -0.39 is 6.10 Å². The van der Waals surface area contributed by atoms with Gasteiger partial charge in [-0.3, -0.25) is 0 Å². The van der Waals surface area contributed by atoms with Crippen LogP contribution < -0.4 is 5.32 Å². The minimum atomic E-state index is -0.785. The number of amides is 2. The van der Waals surface area contributed by atoms with Crippen LogP contribution in [-0.2, 0) is 0 Å². The first-order valence-electron chi connectivity index (χ1n) is 8.59. The maximum atomic E-state index is 13.0. The van der Waals surface area contributed by atoms with Gasteiger partial charge in [-0.1, -0.05) is 25.5 Å². The molecule has 0 saturated heterocycles. The van der Waals surface area contributed by atoms with Gasteiger partial charge in [-0.25, -0.2) is 9.18 Å². The minimum Gasteiger partial charge on any atom is -0.387 e. The van der Waals surface area contributed by atoms with Crippen molar-refractivity contribution < 1.29 is 14.3 Å². The fraction of sp³-hybridized carbons (Fsp3) is 0.611. The van der Waals surface area contributed by atoms with Crippen molar-refractivity contribution in [2.75, 3.05) is 6.54 Å². The molecule has 0 aromatic heterocycles. The predicted octanol–water partition coefficient (Wildman–Crippen LogP) is 3.22. The van der Waals surface area contributed by atoms with Crippen molar-refractivity contribution in [3.8, 4) is 0 Å². The number of nitrogens with zero attached hydrogens (tertiary/aromatic N) is 1. The molecule has 3 unspecified atom stereocenters. The number of urea groups is 1. The molecular weight excluding hydrogens is 295 g/mol. The molecular formula is C18H25FN2O2. The monoisotopic (exact) mass is 320 g/mol. The van der Waals surface area contributed by atoms with E-state index in [1.807, 2.05) is 0 Å². The van der Waals surface area contributed by atoms with Gasteiger partial charge in [0.25, 0.3) is 0 Å². The van der Waals surface area contributed by atoms with Crippen LogP contribution in [0.1, 0.15) is 50.7 Å². The van der Waals surface area contributed by atoms with Crippen LogP contribution >= 0.6 is 0 Å². The van der Waals surface area contributed by atoms with Crippen LogP contribution in [0.4, 0.5) is 9.18 Å². The molecule has 2 aliphatic carbocycles. The summed E-state index contributed by atoms with van der Waals surface area (Å²) in [4.78, 5) is 14.2. The van der Waals surface area contributed by atoms with Crippen LogP contribution in [0.15, 0.2) is 24.3 Å². The Balaban J connectivity index is 1.56. The Kier molecular flexibility index (Phi) is 4.85. The number of aliphatic hydroxyl groups excluding tert-OH is 1. The van der Waals surface area contributed by atoms with Crippen molar-refractivity contribution in [2.45, 2.75) is 57.2 Å². The lowest BCUT2D eigenvalue weighted by atomic mass is 10.1. The highest BCUT2D eigenvalue weighted by atomic mass is 19.1. The maximum absolute atomic E-state index is 13.0. The van der Waals surface area contributed by atoms with Gasteiger partial charge in [0.15, 0.2) is 0 Å². The zero-order valence-electron chi connectivity index (χ0n) is 13.5. The highest BCUT2D eigenvalue weighted by Gasteiger charge is 2.40. The smallest absolute Gasteiger partial charge is 0.317 e. The SMILES string of the molecule is CCCC1CC1NC(=O)N(CC(O)c1ccc(F)cc1)C1CC1. The summed E-state index contributed by atoms with van der Waals surface area (Å²) < 4.78 is 13.0. The molecule has 2 N–H and O–H groups in total. The van der Waals surface area contributed by atoms with Gasteiger partial charge >= 0.3 is 6.03 Å². The third kappa shape index (κ3) is 4.22. The van der Waals surface area contributed by atoms with Gasteiger partial charge in [-0.15, -0.1) is 0 Å². The second-order valence-electron chi connectivity index (χ2n) is 6.79. The van der Waals surface area contributed by atoms with Crippen LogP contribution in [0.2, 0.25) is 0 Å². The molecule has 3 atom stereocenters. The van der Waals surface area contributed by atoms with Gasteiger partial charge in [-0.2, -0.15) is 0 Å². The molecule has 126 valence electrons. The summed E-state index contributed by atoms with van der Waals surface area (Å²) in [7, 11) is 0. The first-order chi connectivity index (χ1) is 11.1. The van der Waals surface area contributed by atoms with Gasteiger partial charge in [0.05, 0.1) is 12.6 Å². The number of carbonyl (C=O) groups is 1. The van der Waals surface area contributed by atoms with Crippen molar-refractivity contribution in [2.24, 2.45) is 5.92 Å². The number of benzene rings is 1. The molecule has 0 radical (unpaired) electrons. The van der Waals surface area contributed by atoms with Crippen molar-refractivity contribution >= 4 is 6.03 Å². The van der Waals surface area contributed by atoms with Crippen molar-refractivity contribution in [3.63, 3.8) is 0 Å². The molecule has 5 heteroatoms. The second kappa shape index (κ2) is 6.87. The topological polar surface area (TPSA) is 52.6 Å². The lowest BCUT2D eigenvalue weighted by Crippen LogP contribution is -2.44. The van der Waals surface area contributed by atoms with Crippen molar-refractivity contribution in [3.05, 3.63) is 35.6 Å². The Bertz CT molecular complexity index is 544. The van der Waals surface area contributed by atoms with Crippen LogP contribution in [0, 0.1) is 11.7 Å². The van der Waals surface area contributed by atoms with E-state index in [4.69, 9.17) is 0 Å². The van der Waals surface area contributed by atoms with Crippen molar-refractivity contribution in [1.29, 1.82) is 0 Å². The number of aliphatic hydroxyl groups is 1. The molecule has 2 amide bonds. The van der Waals surface area contributed by atoms with Gasteiger partial charge in [-0.05, 0) is 49.3 Å². The number of carbonyl (C=O) groups excluding carboxylic acids is 1. The number of nitrogens with one attached hydrogen (secondary N) is 1. The first kappa shape index (κ1) is 16.2. The Morgan fingerprint density at radius 3 is 2.70 bits per heavy atom. The number of hydrogen-bond acceptors (Lipinski definition) is 2. The third-order valence-electron chi connectivity index (χ3n) is 4.76. The van der Waals surface area contributed by atoms with Gasteiger partial charge in [0, 0.05) is 12.1 Å². The Hall–Kier alpha value is -1.62. The van der Waals surface area contributed by atoms with Gasteiger partial charge < -0.3 is 15.3 Å². The summed E-state index contributed by atoms with van der Waals surface area (Å²) in [6.45, 7) is 2.42. The molecule has 2 aliphatic rings. The zero-order valence-corrected chi connectivity index (χ0v) is 13.5. The molecule has 0 heterocycles. The molecule has 0 bridgehead atoms. The van der Waals surface area contributed by atoms with Crippen LogP contribution in [0.25, 0.3) is 0 Å². The van der Waals surface area contributed by atoms with Crippen LogP contribution in [0.3, 0.4) is 0 Å². The van der Waals surface area contributed by atoms with E-state index in [-0.39, 0.29) is 24.4 Å². The minimum absolute atomic E-state index is 0.0720. The quantitative estimate of drug-likeness (QED) is 0.810. The predicted molar refractivity (Wildman–Crippen MR) is 86.4 cm³/mol. The molecule has 1 aromatic carbocycles. The normalized spacial score (nSPS) is 24.1. The molecule has 2 fully saturated rings. The number of halogens is 1. The van der Waals surface area contributed by atoms with E-state index >= 15 is 0 Å². The summed E-state index contributed by atoms with van der Waals surface area (Å²) in [6, 6.07) is 6.26. The Morgan fingerprint density at radius 1 is 1.39 bits per heavy atom. The lowest BCUT2D eigenvalue weighted by molar-refractivity contribution is 0.117. The lowest BCUT2D eigenvalue weighted by Gasteiger charge is -2.26. The molecule has 0 spiro atoms. The molecule has 23 heavy (non-hydrogen) atoms. The average molecular weight is 320 g/mol. The molecule has 1 aromatic rings. The maximum Gasteiger partial charge on any atom is 0.317 e. The van der Waals surface area contributed by atoms with Crippen molar-refractivity contribution in [1.82, 2.24) is 10.2 Å². The Morgan fingerprint density at radius 2 is 2.09 bits per heavy atom. The highest BCUT2D eigenvalue weighted by molar-refractivity contribution is 5.75. The van der Waals surface area contributed by atoms with E-state index in [0.29, 0.717) is 17.5 Å². The number of rotatable bonds is 7. The molecule has 3 rings (SSSR count). The summed E-state index contributed by atoms with van der Waals surface area (Å²) in [5, 5.41) is 13.4. The highest BCUT2D eigenvalue weighted by Crippen LogP contribution is 2.35. The summed E-state index contributed by atoms with van der Waals surface area (Å²) in [5.74, 6) is 0.292. The van der Waals surface area contributed by atoms with Gasteiger partial charge in [0.2, 0.25) is 0 Å².